The minimum atomic E-state index is -0.811. The smallest absolute Gasteiger partial charge is 0.306 e. The first-order valence-corrected chi connectivity index (χ1v) is 27.4. The van der Waals surface area contributed by atoms with Crippen molar-refractivity contribution in [1.29, 1.82) is 0 Å². The maximum absolute atomic E-state index is 12.8. The average Bonchev–Trinajstić information content (AvgIpc) is 3.33. The van der Waals surface area contributed by atoms with Gasteiger partial charge in [0.1, 0.15) is 13.2 Å². The molecule has 0 bridgehead atoms. The number of ether oxygens (including phenoxy) is 3. The largest absolute Gasteiger partial charge is 0.462 e. The van der Waals surface area contributed by atoms with Gasteiger partial charge in [0.25, 0.3) is 0 Å². The van der Waals surface area contributed by atoms with Crippen molar-refractivity contribution in [3.05, 3.63) is 109 Å². The van der Waals surface area contributed by atoms with Gasteiger partial charge in [0, 0.05) is 19.3 Å². The molecule has 1 atom stereocenters. The maximum Gasteiger partial charge on any atom is 0.306 e. The molecule has 0 aromatic carbocycles. The van der Waals surface area contributed by atoms with E-state index in [9.17, 15) is 14.4 Å². The summed E-state index contributed by atoms with van der Waals surface area (Å²) < 4.78 is 16.8. The molecular formula is C61H100O6. The van der Waals surface area contributed by atoms with Gasteiger partial charge < -0.3 is 14.2 Å². The third-order valence-electron chi connectivity index (χ3n) is 11.2. The fourth-order valence-electron chi connectivity index (χ4n) is 7.02. The lowest BCUT2D eigenvalue weighted by Crippen LogP contribution is -2.30. The van der Waals surface area contributed by atoms with E-state index in [0.29, 0.717) is 12.8 Å². The zero-order valence-electron chi connectivity index (χ0n) is 43.4. The Balaban J connectivity index is 4.53. The fourth-order valence-corrected chi connectivity index (χ4v) is 7.02. The monoisotopic (exact) mass is 929 g/mol. The molecule has 0 saturated heterocycles. The summed E-state index contributed by atoms with van der Waals surface area (Å²) in [5, 5.41) is 0. The number of unbranched alkanes of at least 4 members (excludes halogenated alkanes) is 19. The van der Waals surface area contributed by atoms with Crippen LogP contribution in [0.15, 0.2) is 109 Å². The molecule has 0 rings (SSSR count). The average molecular weight is 929 g/mol. The molecule has 0 aromatic heterocycles. The third-order valence-corrected chi connectivity index (χ3v) is 11.2. The Hall–Kier alpha value is -3.93. The number of allylic oxidation sites excluding steroid dienone is 18. The zero-order valence-corrected chi connectivity index (χ0v) is 43.4. The van der Waals surface area contributed by atoms with Gasteiger partial charge in [-0.2, -0.15) is 0 Å². The van der Waals surface area contributed by atoms with Crippen LogP contribution in [0.25, 0.3) is 0 Å². The van der Waals surface area contributed by atoms with Crippen molar-refractivity contribution in [2.24, 2.45) is 0 Å². The summed E-state index contributed by atoms with van der Waals surface area (Å²) in [6.45, 7) is 6.46. The number of hydrogen-bond donors (Lipinski definition) is 0. The number of esters is 3. The van der Waals surface area contributed by atoms with Gasteiger partial charge in [-0.1, -0.05) is 207 Å². The quantitative estimate of drug-likeness (QED) is 0.0262. The lowest BCUT2D eigenvalue weighted by atomic mass is 10.1. The van der Waals surface area contributed by atoms with Gasteiger partial charge >= 0.3 is 17.9 Å². The molecule has 0 fully saturated rings. The molecule has 6 heteroatoms. The van der Waals surface area contributed by atoms with Crippen LogP contribution < -0.4 is 0 Å². The normalized spacial score (nSPS) is 12.9. The number of carbonyl (C=O) groups is 3. The van der Waals surface area contributed by atoms with Crippen molar-refractivity contribution < 1.29 is 28.6 Å². The first kappa shape index (κ1) is 63.1. The predicted octanol–water partition coefficient (Wildman–Crippen LogP) is 18.3. The fraction of sp³-hybridized carbons (Fsp3) is 0.656. The highest BCUT2D eigenvalue weighted by Crippen LogP contribution is 2.12. The Kier molecular flexibility index (Phi) is 51.5. The second kappa shape index (κ2) is 54.7. The number of hydrogen-bond acceptors (Lipinski definition) is 6. The van der Waals surface area contributed by atoms with Crippen LogP contribution >= 0.6 is 0 Å². The molecule has 0 aliphatic carbocycles. The van der Waals surface area contributed by atoms with Crippen LogP contribution in [0.4, 0.5) is 0 Å². The van der Waals surface area contributed by atoms with E-state index in [1.54, 1.807) is 0 Å². The zero-order chi connectivity index (χ0) is 48.6. The van der Waals surface area contributed by atoms with Crippen LogP contribution in [-0.2, 0) is 28.6 Å². The first-order chi connectivity index (χ1) is 33.0. The molecule has 0 amide bonds. The summed E-state index contributed by atoms with van der Waals surface area (Å²) >= 11 is 0. The van der Waals surface area contributed by atoms with Gasteiger partial charge in [0.2, 0.25) is 0 Å². The van der Waals surface area contributed by atoms with Crippen LogP contribution in [0.3, 0.4) is 0 Å². The van der Waals surface area contributed by atoms with Gasteiger partial charge in [-0.05, 0) is 122 Å². The standard InChI is InChI=1S/C61H100O6/c1-4-7-10-13-16-19-22-25-28-31-34-36-39-42-45-48-51-54-60(63)66-57-58(67-61(64)55-52-49-46-43-40-37-33-30-27-24-21-18-15-12-9-6-3)56-65-59(62)53-50-47-44-41-38-35-32-29-26-23-20-17-14-11-8-5-2/h14-19,23-28,32-37,58H,4-13,20-22,29-31,38-57H2,1-3H3/b17-14-,18-15-,19-16-,26-23-,27-24-,28-25-,35-32-,36-34-,37-33-. The molecule has 0 aliphatic heterocycles. The molecule has 1 unspecified atom stereocenters. The van der Waals surface area contributed by atoms with Crippen molar-refractivity contribution in [3.8, 4) is 0 Å². The van der Waals surface area contributed by atoms with Crippen LogP contribution in [0, 0.1) is 0 Å². The summed E-state index contributed by atoms with van der Waals surface area (Å²) in [4.78, 5) is 38.1. The predicted molar refractivity (Wildman–Crippen MR) is 288 cm³/mol. The molecule has 67 heavy (non-hydrogen) atoms. The first-order valence-electron chi connectivity index (χ1n) is 27.4. The summed E-state index contributed by atoms with van der Waals surface area (Å²) in [7, 11) is 0. The van der Waals surface area contributed by atoms with E-state index < -0.39 is 6.10 Å². The van der Waals surface area contributed by atoms with E-state index in [1.165, 1.54) is 64.2 Å². The molecule has 0 radical (unpaired) electrons. The highest BCUT2D eigenvalue weighted by atomic mass is 16.6. The van der Waals surface area contributed by atoms with E-state index >= 15 is 0 Å². The number of carbonyl (C=O) groups excluding carboxylic acids is 3. The lowest BCUT2D eigenvalue weighted by Gasteiger charge is -2.18. The molecule has 0 aromatic rings. The topological polar surface area (TPSA) is 78.9 Å². The third kappa shape index (κ3) is 52.9. The summed E-state index contributed by atoms with van der Waals surface area (Å²) in [5.41, 5.74) is 0. The molecule has 0 heterocycles. The van der Waals surface area contributed by atoms with Gasteiger partial charge in [-0.25, -0.2) is 0 Å². The SMILES string of the molecule is CCCC/C=C\C/C=C\C/C=C\CCCCCCC(=O)OCC(COC(=O)CCCCCC/C=C\C/C=C\C/C=C\CCCCC)OC(=O)CCCCCC/C=C\C/C=C\C/C=C\CCCC. The molecule has 380 valence electrons. The summed E-state index contributed by atoms with van der Waals surface area (Å²) in [6.07, 6.45) is 73.5. The van der Waals surface area contributed by atoms with Crippen molar-refractivity contribution in [2.45, 2.75) is 245 Å². The van der Waals surface area contributed by atoms with E-state index in [2.05, 4.69) is 130 Å². The van der Waals surface area contributed by atoms with Crippen molar-refractivity contribution in [3.63, 3.8) is 0 Å². The van der Waals surface area contributed by atoms with Crippen molar-refractivity contribution >= 4 is 17.9 Å². The molecule has 0 spiro atoms. The lowest BCUT2D eigenvalue weighted by molar-refractivity contribution is -0.167. The Morgan fingerprint density at radius 2 is 0.552 bits per heavy atom. The Morgan fingerprint density at radius 3 is 0.866 bits per heavy atom. The van der Waals surface area contributed by atoms with Gasteiger partial charge in [0.15, 0.2) is 6.10 Å². The van der Waals surface area contributed by atoms with Gasteiger partial charge in [0.05, 0.1) is 0 Å². The van der Waals surface area contributed by atoms with E-state index in [4.69, 9.17) is 14.2 Å². The van der Waals surface area contributed by atoms with E-state index in [1.807, 2.05) is 0 Å². The second-order valence-electron chi connectivity index (χ2n) is 17.8. The minimum Gasteiger partial charge on any atom is -0.462 e. The summed E-state index contributed by atoms with van der Waals surface area (Å²) in [6, 6.07) is 0. The molecule has 0 saturated carbocycles. The van der Waals surface area contributed by atoms with Crippen LogP contribution in [0.2, 0.25) is 0 Å². The highest BCUT2D eigenvalue weighted by Gasteiger charge is 2.19. The minimum absolute atomic E-state index is 0.108. The van der Waals surface area contributed by atoms with Crippen LogP contribution in [0.1, 0.15) is 239 Å². The number of rotatable bonds is 48. The molecule has 0 aliphatic rings. The van der Waals surface area contributed by atoms with Crippen molar-refractivity contribution in [2.75, 3.05) is 13.2 Å². The Bertz CT molecular complexity index is 1390. The van der Waals surface area contributed by atoms with E-state index in [0.717, 1.165) is 135 Å². The van der Waals surface area contributed by atoms with Gasteiger partial charge in [-0.15, -0.1) is 0 Å². The summed E-state index contributed by atoms with van der Waals surface area (Å²) in [5.74, 6) is -0.974. The molecule has 0 N–H and O–H groups in total. The molecular weight excluding hydrogens is 829 g/mol. The van der Waals surface area contributed by atoms with E-state index in [-0.39, 0.29) is 37.5 Å². The Morgan fingerprint density at radius 1 is 0.299 bits per heavy atom. The van der Waals surface area contributed by atoms with Crippen molar-refractivity contribution in [1.82, 2.24) is 0 Å². The maximum atomic E-state index is 12.8. The van der Waals surface area contributed by atoms with Crippen LogP contribution in [-0.4, -0.2) is 37.2 Å². The highest BCUT2D eigenvalue weighted by molar-refractivity contribution is 5.71. The second-order valence-corrected chi connectivity index (χ2v) is 17.8. The van der Waals surface area contributed by atoms with Crippen LogP contribution in [0.5, 0.6) is 0 Å². The van der Waals surface area contributed by atoms with Gasteiger partial charge in [-0.3, -0.25) is 14.4 Å². The Labute approximate surface area is 412 Å². The molecule has 6 nitrogen and oxygen atoms in total.